The molecule has 22 heavy (non-hydrogen) atoms. The van der Waals surface area contributed by atoms with Crippen molar-refractivity contribution < 1.29 is 27.4 Å². The van der Waals surface area contributed by atoms with Crippen molar-refractivity contribution in [3.05, 3.63) is 29.6 Å². The maximum Gasteiger partial charge on any atom is 0.309 e. The third-order valence-corrected chi connectivity index (χ3v) is 3.38. The van der Waals surface area contributed by atoms with Gasteiger partial charge in [0.25, 0.3) is 0 Å². The van der Waals surface area contributed by atoms with Crippen molar-refractivity contribution in [1.29, 1.82) is 0 Å². The lowest BCUT2D eigenvalue weighted by atomic mass is 10.1. The number of ether oxygens (including phenoxy) is 2. The molecule has 0 amide bonds. The van der Waals surface area contributed by atoms with Crippen LogP contribution in [0.25, 0.3) is 0 Å². The van der Waals surface area contributed by atoms with Gasteiger partial charge in [-0.25, -0.2) is 13.2 Å². The Hall–Kier alpha value is -1.72. The summed E-state index contributed by atoms with van der Waals surface area (Å²) in [6, 6.07) is 1.61. The number of esters is 1. The highest BCUT2D eigenvalue weighted by atomic mass is 19.2. The van der Waals surface area contributed by atoms with E-state index in [-0.39, 0.29) is 23.7 Å². The molecule has 0 saturated heterocycles. The zero-order valence-corrected chi connectivity index (χ0v) is 12.8. The molecule has 3 nitrogen and oxygen atoms in total. The third kappa shape index (κ3) is 4.15. The Balaban J connectivity index is 1.95. The van der Waals surface area contributed by atoms with Crippen LogP contribution in [0, 0.1) is 23.4 Å². The topological polar surface area (TPSA) is 35.5 Å². The summed E-state index contributed by atoms with van der Waals surface area (Å²) in [7, 11) is 0. The summed E-state index contributed by atoms with van der Waals surface area (Å²) in [6.07, 6.45) is 1.23. The third-order valence-electron chi connectivity index (χ3n) is 3.38. The van der Waals surface area contributed by atoms with Gasteiger partial charge in [0.2, 0.25) is 0 Å². The fourth-order valence-corrected chi connectivity index (χ4v) is 2.44. The summed E-state index contributed by atoms with van der Waals surface area (Å²) in [6.45, 7) is 5.37. The van der Waals surface area contributed by atoms with E-state index in [1.165, 1.54) is 0 Å². The highest BCUT2D eigenvalue weighted by molar-refractivity contribution is 5.73. The zero-order valence-electron chi connectivity index (χ0n) is 12.8. The first-order chi connectivity index (χ1) is 10.2. The molecule has 2 rings (SSSR count). The molecule has 0 heterocycles. The molecule has 1 aromatic carbocycles. The summed E-state index contributed by atoms with van der Waals surface area (Å²) in [4.78, 5) is 12.0. The van der Waals surface area contributed by atoms with Crippen LogP contribution >= 0.6 is 0 Å². The first kappa shape index (κ1) is 16.6. The van der Waals surface area contributed by atoms with Gasteiger partial charge in [-0.15, -0.1) is 0 Å². The Kier molecular flexibility index (Phi) is 4.68. The van der Waals surface area contributed by atoms with Crippen LogP contribution in [0.3, 0.4) is 0 Å². The number of rotatable bonds is 3. The number of carbonyl (C=O) groups excluding carboxylic acids is 1. The SMILES string of the molecule is CC(C)(C)OC(=O)C1CCC(Oc2cc(F)c(F)c(F)c2)C1. The molecule has 0 spiro atoms. The Morgan fingerprint density at radius 1 is 1.14 bits per heavy atom. The molecular formula is C16H19F3O3. The summed E-state index contributed by atoms with van der Waals surface area (Å²) in [5.41, 5.74) is -0.556. The van der Waals surface area contributed by atoms with Gasteiger partial charge < -0.3 is 9.47 Å². The van der Waals surface area contributed by atoms with E-state index in [9.17, 15) is 18.0 Å². The Labute approximate surface area is 127 Å². The maximum absolute atomic E-state index is 13.1. The van der Waals surface area contributed by atoms with Gasteiger partial charge >= 0.3 is 5.97 Å². The van der Waals surface area contributed by atoms with Crippen LogP contribution < -0.4 is 4.74 Å². The van der Waals surface area contributed by atoms with E-state index >= 15 is 0 Å². The number of benzene rings is 1. The van der Waals surface area contributed by atoms with Gasteiger partial charge in [0.1, 0.15) is 11.4 Å². The first-order valence-corrected chi connectivity index (χ1v) is 7.20. The van der Waals surface area contributed by atoms with Crippen LogP contribution in [0.15, 0.2) is 12.1 Å². The van der Waals surface area contributed by atoms with Crippen molar-refractivity contribution in [2.45, 2.75) is 51.7 Å². The molecule has 1 aliphatic carbocycles. The van der Waals surface area contributed by atoms with Crippen LogP contribution in [0.4, 0.5) is 13.2 Å². The zero-order chi connectivity index (χ0) is 16.5. The monoisotopic (exact) mass is 316 g/mol. The molecule has 0 N–H and O–H groups in total. The van der Waals surface area contributed by atoms with Crippen molar-refractivity contribution in [1.82, 2.24) is 0 Å². The van der Waals surface area contributed by atoms with Crippen molar-refractivity contribution in [2.24, 2.45) is 5.92 Å². The van der Waals surface area contributed by atoms with Crippen LogP contribution in [0.1, 0.15) is 40.0 Å². The predicted octanol–water partition coefficient (Wildman–Crippen LogP) is 3.99. The maximum atomic E-state index is 13.1. The highest BCUT2D eigenvalue weighted by Crippen LogP contribution is 2.32. The van der Waals surface area contributed by atoms with Crippen LogP contribution in [0.5, 0.6) is 5.75 Å². The average Bonchev–Trinajstić information content (AvgIpc) is 2.82. The molecule has 0 aliphatic heterocycles. The summed E-state index contributed by atoms with van der Waals surface area (Å²) in [5.74, 6) is -4.78. The van der Waals surface area contributed by atoms with E-state index in [2.05, 4.69) is 0 Å². The molecule has 0 bridgehead atoms. The van der Waals surface area contributed by atoms with Gasteiger partial charge in [0, 0.05) is 12.1 Å². The molecule has 6 heteroatoms. The van der Waals surface area contributed by atoms with E-state index in [0.717, 1.165) is 12.1 Å². The molecule has 2 atom stereocenters. The van der Waals surface area contributed by atoms with E-state index in [1.807, 2.05) is 0 Å². The number of hydrogen-bond donors (Lipinski definition) is 0. The van der Waals surface area contributed by atoms with Crippen molar-refractivity contribution in [2.75, 3.05) is 0 Å². The van der Waals surface area contributed by atoms with Gasteiger partial charge in [-0.3, -0.25) is 4.79 Å². The number of carbonyl (C=O) groups is 1. The van der Waals surface area contributed by atoms with Crippen LogP contribution in [-0.4, -0.2) is 17.7 Å². The summed E-state index contributed by atoms with van der Waals surface area (Å²) in [5, 5.41) is 0. The highest BCUT2D eigenvalue weighted by Gasteiger charge is 2.34. The standard InChI is InChI=1S/C16H19F3O3/c1-16(2,3)22-15(20)9-4-5-10(6-9)21-11-7-12(17)14(19)13(18)8-11/h7-10H,4-6H2,1-3H3. The van der Waals surface area contributed by atoms with Gasteiger partial charge in [-0.2, -0.15) is 0 Å². The van der Waals surface area contributed by atoms with E-state index in [0.29, 0.717) is 19.3 Å². The fraction of sp³-hybridized carbons (Fsp3) is 0.562. The second-order valence-electron chi connectivity index (χ2n) is 6.48. The summed E-state index contributed by atoms with van der Waals surface area (Å²) >= 11 is 0. The lowest BCUT2D eigenvalue weighted by molar-refractivity contribution is -0.159. The largest absolute Gasteiger partial charge is 0.490 e. The van der Waals surface area contributed by atoms with Crippen molar-refractivity contribution in [3.8, 4) is 5.75 Å². The second kappa shape index (κ2) is 6.18. The van der Waals surface area contributed by atoms with Gasteiger partial charge in [-0.1, -0.05) is 0 Å². The lowest BCUT2D eigenvalue weighted by Crippen LogP contribution is -2.28. The van der Waals surface area contributed by atoms with Gasteiger partial charge in [0.05, 0.1) is 12.0 Å². The van der Waals surface area contributed by atoms with Crippen molar-refractivity contribution >= 4 is 5.97 Å². The van der Waals surface area contributed by atoms with Crippen LogP contribution in [0.2, 0.25) is 0 Å². The predicted molar refractivity (Wildman–Crippen MR) is 73.9 cm³/mol. The molecule has 1 fully saturated rings. The number of halogens is 3. The lowest BCUT2D eigenvalue weighted by Gasteiger charge is -2.22. The second-order valence-corrected chi connectivity index (χ2v) is 6.48. The normalized spacial score (nSPS) is 21.7. The number of hydrogen-bond acceptors (Lipinski definition) is 3. The molecule has 1 aromatic rings. The van der Waals surface area contributed by atoms with E-state index < -0.39 is 23.1 Å². The molecule has 1 saturated carbocycles. The van der Waals surface area contributed by atoms with E-state index in [1.54, 1.807) is 20.8 Å². The van der Waals surface area contributed by atoms with E-state index in [4.69, 9.17) is 9.47 Å². The molecule has 1 aliphatic rings. The molecule has 122 valence electrons. The minimum Gasteiger partial charge on any atom is -0.490 e. The quantitative estimate of drug-likeness (QED) is 0.625. The van der Waals surface area contributed by atoms with Gasteiger partial charge in [0.15, 0.2) is 17.5 Å². The Morgan fingerprint density at radius 2 is 1.73 bits per heavy atom. The molecule has 0 aromatic heterocycles. The molecule has 0 radical (unpaired) electrons. The molecular weight excluding hydrogens is 297 g/mol. The average molecular weight is 316 g/mol. The minimum atomic E-state index is -1.52. The van der Waals surface area contributed by atoms with Gasteiger partial charge in [-0.05, 0) is 40.0 Å². The van der Waals surface area contributed by atoms with Crippen molar-refractivity contribution in [3.63, 3.8) is 0 Å². The molecule has 2 unspecified atom stereocenters. The Morgan fingerprint density at radius 3 is 2.27 bits per heavy atom. The summed E-state index contributed by atoms with van der Waals surface area (Å²) < 4.78 is 49.9. The van der Waals surface area contributed by atoms with Crippen LogP contribution in [-0.2, 0) is 9.53 Å². The smallest absolute Gasteiger partial charge is 0.309 e. The Bertz CT molecular complexity index is 543. The first-order valence-electron chi connectivity index (χ1n) is 7.20. The fourth-order valence-electron chi connectivity index (χ4n) is 2.44. The minimum absolute atomic E-state index is 0.0776.